The van der Waals surface area contributed by atoms with Crippen LogP contribution < -0.4 is 9.47 Å². The molecule has 1 amide bonds. The fourth-order valence-corrected chi connectivity index (χ4v) is 4.77. The lowest BCUT2D eigenvalue weighted by molar-refractivity contribution is -0.140. The molecule has 1 fully saturated rings. The van der Waals surface area contributed by atoms with Gasteiger partial charge in [0.1, 0.15) is 17.3 Å². The minimum absolute atomic E-state index is 0.0474. The Morgan fingerprint density at radius 1 is 0.925 bits per heavy atom. The summed E-state index contributed by atoms with van der Waals surface area (Å²) in [7, 11) is 4.32. The number of likely N-dealkylation sites (tertiary alicyclic amines) is 1. The van der Waals surface area contributed by atoms with Crippen LogP contribution in [0.15, 0.2) is 72.3 Å². The maximum absolute atomic E-state index is 13.6. The van der Waals surface area contributed by atoms with Gasteiger partial charge in [-0.2, -0.15) is 0 Å². The van der Waals surface area contributed by atoms with E-state index in [1.807, 2.05) is 26.8 Å². The summed E-state index contributed by atoms with van der Waals surface area (Å²) in [4.78, 5) is 40.3. The molecule has 3 aromatic carbocycles. The number of aliphatic hydroxyl groups is 1. The molecule has 1 aliphatic heterocycles. The first kappa shape index (κ1) is 28.4. The number of rotatable bonds is 7. The summed E-state index contributed by atoms with van der Waals surface area (Å²) in [5.74, 6) is -1.44. The molecule has 8 heteroatoms. The molecule has 208 valence electrons. The number of hydrogen-bond donors (Lipinski definition) is 1. The highest BCUT2D eigenvalue weighted by molar-refractivity contribution is 6.46. The number of esters is 1. The molecule has 1 N–H and O–H groups in total. The molecule has 1 aliphatic rings. The van der Waals surface area contributed by atoms with Gasteiger partial charge in [-0.15, -0.1) is 0 Å². The fraction of sp³-hybridized carbons (Fsp3) is 0.281. The van der Waals surface area contributed by atoms with E-state index in [0.29, 0.717) is 33.8 Å². The smallest absolute Gasteiger partial charge is 0.337 e. The Morgan fingerprint density at radius 3 is 2.23 bits per heavy atom. The third-order valence-corrected chi connectivity index (χ3v) is 7.00. The Kier molecular flexibility index (Phi) is 8.00. The van der Waals surface area contributed by atoms with E-state index >= 15 is 0 Å². The molecule has 3 aromatic rings. The zero-order valence-corrected chi connectivity index (χ0v) is 23.5. The van der Waals surface area contributed by atoms with Gasteiger partial charge in [0.25, 0.3) is 11.7 Å². The third-order valence-electron chi connectivity index (χ3n) is 7.00. The quantitative estimate of drug-likeness (QED) is 0.184. The number of ketones is 1. The van der Waals surface area contributed by atoms with Gasteiger partial charge in [-0.3, -0.25) is 9.59 Å². The second-order valence-corrected chi connectivity index (χ2v) is 10.6. The SMILES string of the molecule is COC(=O)c1ccc(CN2C(=O)C(=O)/C(=C(/O)c3cc(C(C)(C)C)ccc3OC)C2c2cccc(OC)c2)cc1. The van der Waals surface area contributed by atoms with Crippen molar-refractivity contribution in [2.75, 3.05) is 21.3 Å². The number of aliphatic hydroxyl groups excluding tert-OH is 1. The number of benzene rings is 3. The number of carbonyl (C=O) groups excluding carboxylic acids is 3. The van der Waals surface area contributed by atoms with Crippen molar-refractivity contribution in [3.05, 3.63) is 100 Å². The Bertz CT molecular complexity index is 1480. The minimum Gasteiger partial charge on any atom is -0.507 e. The van der Waals surface area contributed by atoms with Gasteiger partial charge < -0.3 is 24.2 Å². The molecule has 1 unspecified atom stereocenters. The van der Waals surface area contributed by atoms with Gasteiger partial charge in [-0.25, -0.2) is 4.79 Å². The number of ether oxygens (including phenoxy) is 3. The molecule has 0 radical (unpaired) electrons. The van der Waals surface area contributed by atoms with Crippen LogP contribution in [-0.2, 0) is 26.3 Å². The molecule has 4 rings (SSSR count). The Hall–Kier alpha value is -4.59. The highest BCUT2D eigenvalue weighted by atomic mass is 16.5. The predicted molar refractivity (Wildman–Crippen MR) is 150 cm³/mol. The maximum Gasteiger partial charge on any atom is 0.337 e. The van der Waals surface area contributed by atoms with Crippen molar-refractivity contribution in [2.45, 2.75) is 38.8 Å². The molecule has 8 nitrogen and oxygen atoms in total. The summed E-state index contributed by atoms with van der Waals surface area (Å²) in [5, 5.41) is 11.7. The minimum atomic E-state index is -0.904. The molecule has 0 aromatic heterocycles. The van der Waals surface area contributed by atoms with Crippen molar-refractivity contribution in [1.82, 2.24) is 4.90 Å². The topological polar surface area (TPSA) is 102 Å². The van der Waals surface area contributed by atoms with E-state index in [1.165, 1.54) is 26.2 Å². The number of amides is 1. The second kappa shape index (κ2) is 11.3. The van der Waals surface area contributed by atoms with E-state index in [2.05, 4.69) is 0 Å². The van der Waals surface area contributed by atoms with Crippen molar-refractivity contribution >= 4 is 23.4 Å². The molecule has 1 atom stereocenters. The average molecular weight is 544 g/mol. The lowest BCUT2D eigenvalue weighted by Gasteiger charge is -2.26. The van der Waals surface area contributed by atoms with E-state index in [0.717, 1.165) is 5.56 Å². The third kappa shape index (κ3) is 5.43. The van der Waals surface area contributed by atoms with Crippen LogP contribution in [0.25, 0.3) is 5.76 Å². The first-order valence-corrected chi connectivity index (χ1v) is 12.8. The molecule has 0 spiro atoms. The van der Waals surface area contributed by atoms with Crippen LogP contribution >= 0.6 is 0 Å². The van der Waals surface area contributed by atoms with Gasteiger partial charge in [0.2, 0.25) is 0 Å². The van der Waals surface area contributed by atoms with Crippen molar-refractivity contribution in [2.24, 2.45) is 0 Å². The van der Waals surface area contributed by atoms with Crippen molar-refractivity contribution in [3.63, 3.8) is 0 Å². The number of methoxy groups -OCH3 is 3. The Morgan fingerprint density at radius 2 is 1.62 bits per heavy atom. The van der Waals surface area contributed by atoms with Gasteiger partial charge >= 0.3 is 5.97 Å². The molecule has 0 aliphatic carbocycles. The van der Waals surface area contributed by atoms with Crippen molar-refractivity contribution in [1.29, 1.82) is 0 Å². The lowest BCUT2D eigenvalue weighted by atomic mass is 9.85. The standard InChI is InChI=1S/C32H33NO7/c1-32(2,3)22-14-15-25(39-5)24(17-22)28(34)26-27(21-8-7-9-23(16-21)38-4)33(30(36)29(26)35)18-19-10-12-20(13-11-19)31(37)40-6/h7-17,27,34H,18H2,1-6H3/b28-26+. The normalized spacial score (nSPS) is 16.6. The lowest BCUT2D eigenvalue weighted by Crippen LogP contribution is -2.29. The van der Waals surface area contributed by atoms with Gasteiger partial charge in [-0.05, 0) is 58.5 Å². The van der Waals surface area contributed by atoms with Gasteiger partial charge in [0.15, 0.2) is 0 Å². The van der Waals surface area contributed by atoms with Crippen LogP contribution in [0.4, 0.5) is 0 Å². The molecular weight excluding hydrogens is 510 g/mol. The van der Waals surface area contributed by atoms with Crippen LogP contribution in [0.3, 0.4) is 0 Å². The zero-order valence-electron chi connectivity index (χ0n) is 23.5. The highest BCUT2D eigenvalue weighted by Crippen LogP contribution is 2.43. The zero-order chi connectivity index (χ0) is 29.2. The van der Waals surface area contributed by atoms with E-state index < -0.39 is 23.7 Å². The summed E-state index contributed by atoms with van der Waals surface area (Å²) in [6.07, 6.45) is 0. The van der Waals surface area contributed by atoms with E-state index in [-0.39, 0.29) is 23.3 Å². The summed E-state index contributed by atoms with van der Waals surface area (Å²) in [5.41, 5.74) is 2.61. The van der Waals surface area contributed by atoms with Crippen LogP contribution in [0.5, 0.6) is 11.5 Å². The number of Topliss-reactive ketones (excluding diaryl/α,β-unsaturated/α-hetero) is 1. The van der Waals surface area contributed by atoms with Crippen LogP contribution in [0.1, 0.15) is 59.4 Å². The molecule has 0 bridgehead atoms. The van der Waals surface area contributed by atoms with Crippen LogP contribution in [0.2, 0.25) is 0 Å². The Balaban J connectivity index is 1.89. The van der Waals surface area contributed by atoms with Crippen LogP contribution in [-0.4, -0.2) is 49.0 Å². The Labute approximate surface area is 233 Å². The van der Waals surface area contributed by atoms with Crippen LogP contribution in [0, 0.1) is 0 Å². The number of nitrogens with zero attached hydrogens (tertiary/aromatic N) is 1. The number of carbonyl (C=O) groups is 3. The fourth-order valence-electron chi connectivity index (χ4n) is 4.77. The number of hydrogen-bond acceptors (Lipinski definition) is 7. The molecule has 40 heavy (non-hydrogen) atoms. The largest absolute Gasteiger partial charge is 0.507 e. The van der Waals surface area contributed by atoms with E-state index in [9.17, 15) is 19.5 Å². The second-order valence-electron chi connectivity index (χ2n) is 10.6. The van der Waals surface area contributed by atoms with Gasteiger partial charge in [-0.1, -0.05) is 51.1 Å². The maximum atomic E-state index is 13.6. The first-order valence-electron chi connectivity index (χ1n) is 12.8. The summed E-state index contributed by atoms with van der Waals surface area (Å²) < 4.78 is 15.7. The predicted octanol–water partition coefficient (Wildman–Crippen LogP) is 5.41. The van der Waals surface area contributed by atoms with Crippen molar-refractivity contribution < 1.29 is 33.7 Å². The highest BCUT2D eigenvalue weighted by Gasteiger charge is 2.46. The summed E-state index contributed by atoms with van der Waals surface area (Å²) >= 11 is 0. The van der Waals surface area contributed by atoms with Gasteiger partial charge in [0.05, 0.1) is 44.1 Å². The molecular formula is C32H33NO7. The summed E-state index contributed by atoms with van der Waals surface area (Å²) in [6.45, 7) is 6.18. The van der Waals surface area contributed by atoms with Crippen molar-refractivity contribution in [3.8, 4) is 11.5 Å². The van der Waals surface area contributed by atoms with Gasteiger partial charge in [0, 0.05) is 6.54 Å². The average Bonchev–Trinajstić information content (AvgIpc) is 3.20. The molecule has 1 saturated heterocycles. The summed E-state index contributed by atoms with van der Waals surface area (Å²) in [6, 6.07) is 18.2. The molecule has 1 heterocycles. The first-order chi connectivity index (χ1) is 19.0. The van der Waals surface area contributed by atoms with E-state index in [4.69, 9.17) is 14.2 Å². The monoisotopic (exact) mass is 543 g/mol. The van der Waals surface area contributed by atoms with E-state index in [1.54, 1.807) is 60.7 Å². The molecule has 0 saturated carbocycles.